The number of fused-ring (bicyclic) bond motifs is 5. The molecule has 0 aromatic carbocycles. The van der Waals surface area contributed by atoms with E-state index in [1.807, 2.05) is 5.57 Å². The summed E-state index contributed by atoms with van der Waals surface area (Å²) in [4.78, 5) is 0. The van der Waals surface area contributed by atoms with Crippen LogP contribution in [0.1, 0.15) is 119 Å². The zero-order chi connectivity index (χ0) is 21.7. The summed E-state index contributed by atoms with van der Waals surface area (Å²) in [6, 6.07) is 0. The maximum Gasteiger partial charge on any atom is -0.00851 e. The van der Waals surface area contributed by atoms with Crippen LogP contribution in [0.15, 0.2) is 11.6 Å². The van der Waals surface area contributed by atoms with Crippen molar-refractivity contribution in [2.75, 3.05) is 0 Å². The summed E-state index contributed by atoms with van der Waals surface area (Å²) >= 11 is 0. The van der Waals surface area contributed by atoms with E-state index in [2.05, 4.69) is 54.5 Å². The molecule has 0 bridgehead atoms. The molecule has 0 saturated heterocycles. The topological polar surface area (TPSA) is 0 Å². The zero-order valence-corrected chi connectivity index (χ0v) is 21.5. The standard InChI is InChI=1S/C30H52/c1-8-23(20(2)3)10-9-22(5)26-13-14-27-25-12-11-24-19-21(4)15-17-29(24,6)28(25)16-18-30(26,27)7/h11,20-23,25-28H,8-10,12-19H2,1-7H3/t21-,22+,23+,25-,26?,27?,28?,29-,30+/m0/s1. The van der Waals surface area contributed by atoms with Gasteiger partial charge >= 0.3 is 0 Å². The molecule has 0 aliphatic heterocycles. The summed E-state index contributed by atoms with van der Waals surface area (Å²) < 4.78 is 0. The molecule has 0 radical (unpaired) electrons. The molecule has 3 unspecified atom stereocenters. The molecule has 0 heteroatoms. The van der Waals surface area contributed by atoms with Crippen LogP contribution >= 0.6 is 0 Å². The first-order valence-electron chi connectivity index (χ1n) is 13.9. The fourth-order valence-corrected chi connectivity index (χ4v) is 9.51. The summed E-state index contributed by atoms with van der Waals surface area (Å²) in [6.45, 7) is 17.8. The minimum atomic E-state index is 0.548. The highest BCUT2D eigenvalue weighted by Gasteiger charge is 2.58. The molecule has 3 fully saturated rings. The Morgan fingerprint density at radius 2 is 1.73 bits per heavy atom. The molecule has 9 atom stereocenters. The lowest BCUT2D eigenvalue weighted by atomic mass is 9.46. The van der Waals surface area contributed by atoms with Gasteiger partial charge in [0.1, 0.15) is 0 Å². The van der Waals surface area contributed by atoms with Crippen LogP contribution in [0.5, 0.6) is 0 Å². The van der Waals surface area contributed by atoms with Crippen LogP contribution in [-0.2, 0) is 0 Å². The van der Waals surface area contributed by atoms with E-state index in [0.29, 0.717) is 10.8 Å². The molecule has 0 aromatic heterocycles. The summed E-state index contributed by atoms with van der Waals surface area (Å²) in [5.41, 5.74) is 3.05. The first-order chi connectivity index (χ1) is 14.2. The van der Waals surface area contributed by atoms with Crippen LogP contribution in [0.3, 0.4) is 0 Å². The lowest BCUT2D eigenvalue weighted by Crippen LogP contribution is -2.50. The van der Waals surface area contributed by atoms with Gasteiger partial charge in [0.25, 0.3) is 0 Å². The summed E-state index contributed by atoms with van der Waals surface area (Å²) in [5.74, 6) is 7.59. The van der Waals surface area contributed by atoms with E-state index < -0.39 is 0 Å². The summed E-state index contributed by atoms with van der Waals surface area (Å²) in [6.07, 6.45) is 18.9. The maximum atomic E-state index is 2.76. The van der Waals surface area contributed by atoms with Gasteiger partial charge in [-0.15, -0.1) is 0 Å². The van der Waals surface area contributed by atoms with E-state index in [-0.39, 0.29) is 0 Å². The van der Waals surface area contributed by atoms with Gasteiger partial charge in [0, 0.05) is 0 Å². The van der Waals surface area contributed by atoms with Gasteiger partial charge in [0.05, 0.1) is 0 Å². The van der Waals surface area contributed by atoms with Gasteiger partial charge in [-0.1, -0.05) is 73.0 Å². The lowest BCUT2D eigenvalue weighted by Gasteiger charge is -2.58. The highest BCUT2D eigenvalue weighted by atomic mass is 14.6. The van der Waals surface area contributed by atoms with Crippen LogP contribution in [-0.4, -0.2) is 0 Å². The van der Waals surface area contributed by atoms with Crippen LogP contribution in [0.25, 0.3) is 0 Å². The van der Waals surface area contributed by atoms with E-state index in [4.69, 9.17) is 0 Å². The van der Waals surface area contributed by atoms with Crippen molar-refractivity contribution in [3.05, 3.63) is 11.6 Å². The summed E-state index contributed by atoms with van der Waals surface area (Å²) in [7, 11) is 0. The number of hydrogen-bond donors (Lipinski definition) is 0. The molecule has 0 heterocycles. The van der Waals surface area contributed by atoms with Crippen molar-refractivity contribution in [1.29, 1.82) is 0 Å². The third-order valence-corrected chi connectivity index (χ3v) is 11.6. The van der Waals surface area contributed by atoms with E-state index in [0.717, 1.165) is 47.3 Å². The Kier molecular flexibility index (Phi) is 6.56. The van der Waals surface area contributed by atoms with Gasteiger partial charge in [-0.3, -0.25) is 0 Å². The molecule has 4 aliphatic carbocycles. The molecule has 0 aromatic rings. The second-order valence-corrected chi connectivity index (χ2v) is 13.3. The minimum absolute atomic E-state index is 0.548. The van der Waals surface area contributed by atoms with E-state index in [1.165, 1.54) is 70.6 Å². The van der Waals surface area contributed by atoms with Gasteiger partial charge in [-0.05, 0) is 116 Å². The monoisotopic (exact) mass is 412 g/mol. The molecule has 3 saturated carbocycles. The van der Waals surface area contributed by atoms with Crippen LogP contribution < -0.4 is 0 Å². The first kappa shape index (κ1) is 22.9. The van der Waals surface area contributed by atoms with Crippen LogP contribution in [0.2, 0.25) is 0 Å². The van der Waals surface area contributed by atoms with Gasteiger partial charge in [-0.25, -0.2) is 0 Å². The predicted octanol–water partition coefficient (Wildman–Crippen LogP) is 9.30. The molecule has 4 rings (SSSR count). The van der Waals surface area contributed by atoms with E-state index in [9.17, 15) is 0 Å². The molecular formula is C30H52. The Hall–Kier alpha value is -0.260. The van der Waals surface area contributed by atoms with Crippen LogP contribution in [0, 0.1) is 58.2 Å². The second-order valence-electron chi connectivity index (χ2n) is 13.3. The van der Waals surface area contributed by atoms with Gasteiger partial charge in [-0.2, -0.15) is 0 Å². The van der Waals surface area contributed by atoms with E-state index in [1.54, 1.807) is 0 Å². The third-order valence-electron chi connectivity index (χ3n) is 11.6. The van der Waals surface area contributed by atoms with Crippen molar-refractivity contribution in [1.82, 2.24) is 0 Å². The lowest BCUT2D eigenvalue weighted by molar-refractivity contribution is -0.0525. The molecule has 0 nitrogen and oxygen atoms in total. The zero-order valence-electron chi connectivity index (χ0n) is 21.5. The molecule has 0 spiro atoms. The van der Waals surface area contributed by atoms with Crippen molar-refractivity contribution in [2.45, 2.75) is 119 Å². The average molecular weight is 413 g/mol. The molecule has 4 aliphatic rings. The van der Waals surface area contributed by atoms with Crippen molar-refractivity contribution in [3.63, 3.8) is 0 Å². The van der Waals surface area contributed by atoms with Gasteiger partial charge in [0.2, 0.25) is 0 Å². The smallest absolute Gasteiger partial charge is 0.00851 e. The Balaban J connectivity index is 1.47. The molecular weight excluding hydrogens is 360 g/mol. The third kappa shape index (κ3) is 3.75. The molecule has 0 amide bonds. The normalized spacial score (nSPS) is 45.3. The van der Waals surface area contributed by atoms with Crippen molar-refractivity contribution >= 4 is 0 Å². The average Bonchev–Trinajstić information content (AvgIpc) is 3.06. The highest BCUT2D eigenvalue weighted by molar-refractivity contribution is 5.25. The minimum Gasteiger partial charge on any atom is -0.0845 e. The van der Waals surface area contributed by atoms with Crippen molar-refractivity contribution in [2.24, 2.45) is 58.2 Å². The van der Waals surface area contributed by atoms with Crippen molar-refractivity contribution in [3.8, 4) is 0 Å². The Morgan fingerprint density at radius 1 is 0.967 bits per heavy atom. The number of allylic oxidation sites excluding steroid dienone is 2. The van der Waals surface area contributed by atoms with Gasteiger partial charge in [0.15, 0.2) is 0 Å². The maximum absolute atomic E-state index is 2.76. The fourth-order valence-electron chi connectivity index (χ4n) is 9.51. The number of hydrogen-bond acceptors (Lipinski definition) is 0. The molecule has 172 valence electrons. The van der Waals surface area contributed by atoms with Gasteiger partial charge < -0.3 is 0 Å². The number of rotatable bonds is 6. The Labute approximate surface area is 189 Å². The SMILES string of the molecule is CC[C@H](CC[C@@H](C)C1CCC2[C@@H]3CC=C4C[C@@H](C)CC[C@]4(C)C3CC[C@@]21C)C(C)C. The first-order valence-corrected chi connectivity index (χ1v) is 13.9. The van der Waals surface area contributed by atoms with Crippen molar-refractivity contribution < 1.29 is 0 Å². The highest BCUT2D eigenvalue weighted by Crippen LogP contribution is 2.67. The fraction of sp³-hybridized carbons (Fsp3) is 0.933. The quantitative estimate of drug-likeness (QED) is 0.381. The van der Waals surface area contributed by atoms with Crippen LogP contribution in [0.4, 0.5) is 0 Å². The second kappa shape index (κ2) is 8.59. The Bertz CT molecular complexity index is 628. The summed E-state index contributed by atoms with van der Waals surface area (Å²) in [5, 5.41) is 0. The molecule has 0 N–H and O–H groups in total. The van der Waals surface area contributed by atoms with E-state index >= 15 is 0 Å². The Morgan fingerprint density at radius 3 is 2.43 bits per heavy atom. The predicted molar refractivity (Wildman–Crippen MR) is 131 cm³/mol. The largest absolute Gasteiger partial charge is 0.0845 e. The molecule has 30 heavy (non-hydrogen) atoms.